The Hall–Kier alpha value is -3.22. The zero-order chi connectivity index (χ0) is 27.6. The van der Waals surface area contributed by atoms with E-state index in [-0.39, 0.29) is 30.2 Å². The summed E-state index contributed by atoms with van der Waals surface area (Å²) in [4.78, 5) is 10.7. The Morgan fingerprint density at radius 3 is 2.31 bits per heavy atom. The van der Waals surface area contributed by atoms with Gasteiger partial charge in [0.2, 0.25) is 10.0 Å². The summed E-state index contributed by atoms with van der Waals surface area (Å²) in [5, 5.41) is 13.6. The molecule has 2 aromatic heterocycles. The number of halogens is 3. The summed E-state index contributed by atoms with van der Waals surface area (Å²) in [5.41, 5.74) is 0.960. The van der Waals surface area contributed by atoms with Gasteiger partial charge in [-0.3, -0.25) is 0 Å². The van der Waals surface area contributed by atoms with Gasteiger partial charge in [-0.25, -0.2) is 18.4 Å². The van der Waals surface area contributed by atoms with Crippen LogP contribution in [0.1, 0.15) is 31.2 Å². The minimum atomic E-state index is -4.49. The minimum absolute atomic E-state index is 0.125. The maximum absolute atomic E-state index is 13.3. The molecular formula is C27H30F3N5O3S. The molecule has 39 heavy (non-hydrogen) atoms. The van der Waals surface area contributed by atoms with Crippen LogP contribution in [-0.4, -0.2) is 66.1 Å². The van der Waals surface area contributed by atoms with Gasteiger partial charge >= 0.3 is 6.18 Å². The number of hydrogen-bond donors (Lipinski definition) is 2. The van der Waals surface area contributed by atoms with Gasteiger partial charge in [0.15, 0.2) is 0 Å². The average molecular weight is 562 g/mol. The second-order valence-corrected chi connectivity index (χ2v) is 11.8. The van der Waals surface area contributed by atoms with E-state index in [4.69, 9.17) is 0 Å². The normalized spacial score (nSPS) is 21.1. The summed E-state index contributed by atoms with van der Waals surface area (Å²) in [7, 11) is -3.85. The number of benzene rings is 1. The molecule has 208 valence electrons. The number of alkyl halides is 3. The van der Waals surface area contributed by atoms with Crippen LogP contribution in [0.4, 0.5) is 24.8 Å². The first kappa shape index (κ1) is 27.4. The summed E-state index contributed by atoms with van der Waals surface area (Å²) >= 11 is 0. The number of piperidine rings is 2. The molecule has 0 bridgehead atoms. The highest BCUT2D eigenvalue weighted by Crippen LogP contribution is 2.30. The van der Waals surface area contributed by atoms with Gasteiger partial charge in [-0.15, -0.1) is 0 Å². The number of pyridine rings is 2. The van der Waals surface area contributed by atoms with Crippen LogP contribution in [0.5, 0.6) is 0 Å². The van der Waals surface area contributed by atoms with Crippen molar-refractivity contribution in [3.05, 3.63) is 66.5 Å². The van der Waals surface area contributed by atoms with E-state index in [2.05, 4.69) is 20.2 Å². The number of rotatable bonds is 6. The zero-order valence-electron chi connectivity index (χ0n) is 21.2. The molecule has 0 unspecified atom stereocenters. The Morgan fingerprint density at radius 2 is 1.67 bits per heavy atom. The molecule has 0 amide bonds. The Labute approximate surface area is 225 Å². The van der Waals surface area contributed by atoms with Crippen LogP contribution >= 0.6 is 0 Å². The fraction of sp³-hybridized carbons (Fsp3) is 0.407. The molecular weight excluding hydrogens is 531 g/mol. The summed E-state index contributed by atoms with van der Waals surface area (Å²) in [6.07, 6.45) is 0.713. The molecule has 2 N–H and O–H groups in total. The Bertz CT molecular complexity index is 1380. The second-order valence-electron chi connectivity index (χ2n) is 9.87. The molecule has 2 aliphatic rings. The molecule has 2 fully saturated rings. The number of β-amino-alcohol motifs (C(OH)–C–C–N with tert-alkyl or cyclic N) is 1. The lowest BCUT2D eigenvalue weighted by molar-refractivity contribution is -0.137. The van der Waals surface area contributed by atoms with Gasteiger partial charge in [0.25, 0.3) is 0 Å². The summed E-state index contributed by atoms with van der Waals surface area (Å²) in [6, 6.07) is 12.1. The summed E-state index contributed by atoms with van der Waals surface area (Å²) < 4.78 is 66.1. The third kappa shape index (κ3) is 6.18. The van der Waals surface area contributed by atoms with Crippen molar-refractivity contribution in [2.24, 2.45) is 0 Å². The predicted molar refractivity (Wildman–Crippen MR) is 142 cm³/mol. The lowest BCUT2D eigenvalue weighted by Gasteiger charge is -2.35. The maximum atomic E-state index is 13.3. The van der Waals surface area contributed by atoms with Gasteiger partial charge < -0.3 is 15.3 Å². The van der Waals surface area contributed by atoms with Gasteiger partial charge in [0.05, 0.1) is 22.6 Å². The molecule has 5 rings (SSSR count). The van der Waals surface area contributed by atoms with Crippen molar-refractivity contribution in [1.29, 1.82) is 0 Å². The third-order valence-corrected chi connectivity index (χ3v) is 9.10. The Kier molecular flexibility index (Phi) is 7.79. The molecule has 1 aromatic carbocycles. The van der Waals surface area contributed by atoms with Gasteiger partial charge in [-0.2, -0.15) is 17.5 Å². The number of nitrogens with one attached hydrogen (secondary N) is 1. The zero-order valence-corrected chi connectivity index (χ0v) is 22.0. The van der Waals surface area contributed by atoms with E-state index in [1.54, 1.807) is 30.5 Å². The first-order valence-electron chi connectivity index (χ1n) is 12.9. The summed E-state index contributed by atoms with van der Waals surface area (Å²) in [6.45, 7) is 1.95. The second kappa shape index (κ2) is 11.1. The highest BCUT2D eigenvalue weighted by molar-refractivity contribution is 7.89. The van der Waals surface area contributed by atoms with Crippen LogP contribution in [0.3, 0.4) is 0 Å². The monoisotopic (exact) mass is 561 g/mol. The lowest BCUT2D eigenvalue weighted by atomic mass is 10.0. The third-order valence-electron chi connectivity index (χ3n) is 7.22. The number of aliphatic hydroxyl groups excluding tert-OH is 1. The number of nitrogens with zero attached hydrogens (tertiary/aromatic N) is 4. The highest BCUT2D eigenvalue weighted by atomic mass is 32.2. The van der Waals surface area contributed by atoms with Gasteiger partial charge in [0.1, 0.15) is 11.6 Å². The molecule has 0 saturated carbocycles. The largest absolute Gasteiger partial charge is 0.417 e. The fourth-order valence-corrected chi connectivity index (χ4v) is 6.46. The molecule has 0 radical (unpaired) electrons. The van der Waals surface area contributed by atoms with E-state index in [1.165, 1.54) is 16.8 Å². The SMILES string of the molecule is O=S(=O)(c1ccc(-c2ccnc(N3CCCCC3)c2)cc1)N1CC[C@@H](Nc2ccc(C(F)(F)F)cn2)[C@@H](O)C1. The van der Waals surface area contributed by atoms with Crippen LogP contribution in [-0.2, 0) is 16.2 Å². The number of sulfonamides is 1. The van der Waals surface area contributed by atoms with Crippen molar-refractivity contribution in [3.8, 4) is 11.1 Å². The molecule has 0 spiro atoms. The van der Waals surface area contributed by atoms with E-state index in [0.717, 1.165) is 55.1 Å². The Balaban J connectivity index is 1.23. The molecule has 2 atom stereocenters. The van der Waals surface area contributed by atoms with Crippen molar-refractivity contribution in [3.63, 3.8) is 0 Å². The maximum Gasteiger partial charge on any atom is 0.417 e. The minimum Gasteiger partial charge on any atom is -0.390 e. The van der Waals surface area contributed by atoms with Crippen molar-refractivity contribution in [2.45, 2.75) is 48.9 Å². The standard InChI is InChI=1S/C27H30F3N5O3S/c28-27(29,30)21-6-9-25(32-17-21)33-23-11-15-35(18-24(23)36)39(37,38)22-7-4-19(5-8-22)20-10-12-31-26(16-20)34-13-2-1-3-14-34/h4-10,12,16-17,23-24,36H,1-3,11,13-15,18H2,(H,32,33)/t23-,24+/m1/s1. The Morgan fingerprint density at radius 1 is 0.923 bits per heavy atom. The van der Waals surface area contributed by atoms with Crippen LogP contribution < -0.4 is 10.2 Å². The summed E-state index contributed by atoms with van der Waals surface area (Å²) in [5.74, 6) is 1.10. The van der Waals surface area contributed by atoms with Crippen LogP contribution in [0.2, 0.25) is 0 Å². The quantitative estimate of drug-likeness (QED) is 0.461. The van der Waals surface area contributed by atoms with Crippen LogP contribution in [0, 0.1) is 0 Å². The number of hydrogen-bond acceptors (Lipinski definition) is 7. The molecule has 3 aromatic rings. The van der Waals surface area contributed by atoms with Crippen molar-refractivity contribution in [2.75, 3.05) is 36.4 Å². The van der Waals surface area contributed by atoms with Crippen LogP contribution in [0.15, 0.2) is 65.8 Å². The number of aliphatic hydroxyl groups is 1. The highest BCUT2D eigenvalue weighted by Gasteiger charge is 2.35. The van der Waals surface area contributed by atoms with Crippen LogP contribution in [0.25, 0.3) is 11.1 Å². The molecule has 0 aliphatic carbocycles. The van der Waals surface area contributed by atoms with E-state index < -0.39 is 33.9 Å². The number of aromatic nitrogens is 2. The average Bonchev–Trinajstić information content (AvgIpc) is 2.94. The molecule has 12 heteroatoms. The van der Waals surface area contributed by atoms with Gasteiger partial charge in [-0.1, -0.05) is 12.1 Å². The van der Waals surface area contributed by atoms with Gasteiger partial charge in [-0.05, 0) is 73.2 Å². The molecule has 4 heterocycles. The molecule has 2 saturated heterocycles. The predicted octanol–water partition coefficient (Wildman–Crippen LogP) is 4.39. The van der Waals surface area contributed by atoms with Gasteiger partial charge in [0, 0.05) is 38.6 Å². The smallest absolute Gasteiger partial charge is 0.390 e. The van der Waals surface area contributed by atoms with Crippen molar-refractivity contribution >= 4 is 21.7 Å². The van der Waals surface area contributed by atoms with E-state index >= 15 is 0 Å². The topological polar surface area (TPSA) is 98.7 Å². The molecule has 8 nitrogen and oxygen atoms in total. The molecule has 2 aliphatic heterocycles. The number of anilines is 2. The van der Waals surface area contributed by atoms with E-state index in [9.17, 15) is 26.7 Å². The first-order chi connectivity index (χ1) is 18.6. The fourth-order valence-electron chi connectivity index (χ4n) is 4.99. The van der Waals surface area contributed by atoms with Crippen molar-refractivity contribution in [1.82, 2.24) is 14.3 Å². The van der Waals surface area contributed by atoms with E-state index in [1.807, 2.05) is 12.1 Å². The van der Waals surface area contributed by atoms with E-state index in [0.29, 0.717) is 0 Å². The van der Waals surface area contributed by atoms with Crippen molar-refractivity contribution < 1.29 is 26.7 Å². The first-order valence-corrected chi connectivity index (χ1v) is 14.3. The lowest BCUT2D eigenvalue weighted by Crippen LogP contribution is -2.51.